The number of anilines is 1. The van der Waals surface area contributed by atoms with E-state index in [-0.39, 0.29) is 0 Å². The summed E-state index contributed by atoms with van der Waals surface area (Å²) in [5.41, 5.74) is 2.00. The summed E-state index contributed by atoms with van der Waals surface area (Å²) in [6, 6.07) is 9.57. The van der Waals surface area contributed by atoms with Gasteiger partial charge in [0, 0.05) is 12.6 Å². The molecule has 0 aliphatic carbocycles. The van der Waals surface area contributed by atoms with Crippen LogP contribution in [0.2, 0.25) is 0 Å². The van der Waals surface area contributed by atoms with Gasteiger partial charge in [0.1, 0.15) is 0 Å². The quantitative estimate of drug-likeness (QED) is 0.791. The molecular weight excluding hydrogens is 266 g/mol. The first-order chi connectivity index (χ1) is 10.3. The first-order valence-corrected chi connectivity index (χ1v) is 6.38. The maximum atomic E-state index is 5.70. The summed E-state index contributed by atoms with van der Waals surface area (Å²) < 4.78 is 5.70. The van der Waals surface area contributed by atoms with Crippen molar-refractivity contribution < 1.29 is 4.42 Å². The van der Waals surface area contributed by atoms with Crippen LogP contribution in [0.4, 0.5) is 5.82 Å². The molecule has 0 aliphatic heterocycles. The van der Waals surface area contributed by atoms with Gasteiger partial charge in [-0.15, -0.1) is 10.2 Å². The van der Waals surface area contributed by atoms with E-state index in [1.165, 1.54) is 0 Å². The van der Waals surface area contributed by atoms with Gasteiger partial charge in [-0.25, -0.2) is 9.97 Å². The van der Waals surface area contributed by atoms with Crippen molar-refractivity contribution in [3.8, 4) is 23.0 Å². The fourth-order valence-electron chi connectivity index (χ4n) is 1.85. The fourth-order valence-corrected chi connectivity index (χ4v) is 1.85. The van der Waals surface area contributed by atoms with E-state index in [0.29, 0.717) is 29.0 Å². The Hall–Kier alpha value is -3.02. The average molecular weight is 279 g/mol. The van der Waals surface area contributed by atoms with E-state index in [2.05, 4.69) is 32.1 Å². The molecule has 0 aliphatic rings. The van der Waals surface area contributed by atoms with Crippen LogP contribution in [0.15, 0.2) is 47.5 Å². The van der Waals surface area contributed by atoms with Crippen molar-refractivity contribution in [1.82, 2.24) is 20.2 Å². The highest BCUT2D eigenvalue weighted by molar-refractivity contribution is 5.66. The third-order valence-electron chi connectivity index (χ3n) is 2.89. The van der Waals surface area contributed by atoms with Gasteiger partial charge in [0.2, 0.25) is 5.89 Å². The van der Waals surface area contributed by atoms with Crippen LogP contribution >= 0.6 is 0 Å². The van der Waals surface area contributed by atoms with E-state index in [9.17, 15) is 0 Å². The maximum Gasteiger partial charge on any atom is 0.270 e. The first-order valence-electron chi connectivity index (χ1n) is 6.38. The van der Waals surface area contributed by atoms with Crippen LogP contribution in [0, 0.1) is 0 Å². The third kappa shape index (κ3) is 2.51. The van der Waals surface area contributed by atoms with Crippen molar-refractivity contribution in [2.45, 2.75) is 0 Å². The lowest BCUT2D eigenvalue weighted by molar-refractivity contribution is 0.582. The Balaban J connectivity index is 2.05. The van der Waals surface area contributed by atoms with Crippen LogP contribution in [0.1, 0.15) is 5.69 Å². The van der Waals surface area contributed by atoms with Gasteiger partial charge in [-0.2, -0.15) is 0 Å². The van der Waals surface area contributed by atoms with E-state index < -0.39 is 0 Å². The SMILES string of the molecule is C=Cc1cnc(NC)c(-c2nnc(-c3ccccc3)o2)n1. The second-order valence-corrected chi connectivity index (χ2v) is 4.22. The van der Waals surface area contributed by atoms with Crippen molar-refractivity contribution in [3.63, 3.8) is 0 Å². The second kappa shape index (κ2) is 5.54. The molecule has 6 nitrogen and oxygen atoms in total. The van der Waals surface area contributed by atoms with Gasteiger partial charge in [0.25, 0.3) is 5.89 Å². The highest BCUT2D eigenvalue weighted by Crippen LogP contribution is 2.26. The van der Waals surface area contributed by atoms with E-state index in [0.717, 1.165) is 5.56 Å². The summed E-state index contributed by atoms with van der Waals surface area (Å²) in [6.07, 6.45) is 3.24. The van der Waals surface area contributed by atoms with Crippen molar-refractivity contribution in [3.05, 3.63) is 48.8 Å². The molecule has 2 heterocycles. The summed E-state index contributed by atoms with van der Waals surface area (Å²) in [6.45, 7) is 3.68. The third-order valence-corrected chi connectivity index (χ3v) is 2.89. The standard InChI is InChI=1S/C15H13N5O/c1-3-11-9-17-13(16-2)12(18-11)15-20-19-14(21-15)10-7-5-4-6-8-10/h3-9H,1H2,2H3,(H,16,17). The fraction of sp³-hybridized carbons (Fsp3) is 0.0667. The van der Waals surface area contributed by atoms with Crippen LogP contribution < -0.4 is 5.32 Å². The summed E-state index contributed by atoms with van der Waals surface area (Å²) >= 11 is 0. The molecule has 0 saturated carbocycles. The normalized spacial score (nSPS) is 10.3. The number of hydrogen-bond acceptors (Lipinski definition) is 6. The van der Waals surface area contributed by atoms with Crippen molar-refractivity contribution in [2.24, 2.45) is 0 Å². The Bertz CT molecular complexity index is 767. The number of nitrogens with zero attached hydrogens (tertiary/aromatic N) is 4. The maximum absolute atomic E-state index is 5.70. The smallest absolute Gasteiger partial charge is 0.270 e. The molecule has 104 valence electrons. The Morgan fingerprint density at radius 1 is 1.14 bits per heavy atom. The molecule has 3 rings (SSSR count). The van der Waals surface area contributed by atoms with E-state index in [1.807, 2.05) is 30.3 Å². The number of aromatic nitrogens is 4. The van der Waals surface area contributed by atoms with Crippen LogP contribution in [0.25, 0.3) is 29.1 Å². The summed E-state index contributed by atoms with van der Waals surface area (Å²) in [4.78, 5) is 8.65. The zero-order chi connectivity index (χ0) is 14.7. The van der Waals surface area contributed by atoms with Gasteiger partial charge in [0.05, 0.1) is 11.9 Å². The molecule has 0 unspecified atom stereocenters. The van der Waals surface area contributed by atoms with Crippen LogP contribution in [0.5, 0.6) is 0 Å². The van der Waals surface area contributed by atoms with E-state index in [4.69, 9.17) is 4.42 Å². The summed E-state index contributed by atoms with van der Waals surface area (Å²) in [5.74, 6) is 1.33. The molecule has 1 aromatic carbocycles. The predicted octanol–water partition coefficient (Wildman–Crippen LogP) is 2.88. The highest BCUT2D eigenvalue weighted by atomic mass is 16.4. The number of hydrogen-bond donors (Lipinski definition) is 1. The Labute approximate surface area is 121 Å². The molecule has 6 heteroatoms. The largest absolute Gasteiger partial charge is 0.414 e. The predicted molar refractivity (Wildman–Crippen MR) is 80.4 cm³/mol. The van der Waals surface area contributed by atoms with Gasteiger partial charge in [0.15, 0.2) is 11.5 Å². The molecule has 0 atom stereocenters. The summed E-state index contributed by atoms with van der Waals surface area (Å²) in [7, 11) is 1.76. The number of rotatable bonds is 4. The summed E-state index contributed by atoms with van der Waals surface area (Å²) in [5, 5.41) is 11.1. The molecule has 0 fully saturated rings. The van der Waals surface area contributed by atoms with E-state index >= 15 is 0 Å². The van der Waals surface area contributed by atoms with Crippen molar-refractivity contribution >= 4 is 11.9 Å². The number of benzene rings is 1. The average Bonchev–Trinajstić information content (AvgIpc) is 3.05. The molecule has 0 saturated heterocycles. The van der Waals surface area contributed by atoms with Gasteiger partial charge in [-0.05, 0) is 18.2 Å². The Morgan fingerprint density at radius 2 is 1.90 bits per heavy atom. The molecule has 0 radical (unpaired) electrons. The van der Waals surface area contributed by atoms with Crippen molar-refractivity contribution in [2.75, 3.05) is 12.4 Å². The van der Waals surface area contributed by atoms with Crippen LogP contribution in [-0.2, 0) is 0 Å². The van der Waals surface area contributed by atoms with Crippen LogP contribution in [-0.4, -0.2) is 27.2 Å². The molecule has 0 spiro atoms. The number of nitrogens with one attached hydrogen (secondary N) is 1. The molecule has 1 N–H and O–H groups in total. The lowest BCUT2D eigenvalue weighted by Crippen LogP contribution is -1.99. The van der Waals surface area contributed by atoms with E-state index in [1.54, 1.807) is 19.3 Å². The van der Waals surface area contributed by atoms with Gasteiger partial charge < -0.3 is 9.73 Å². The topological polar surface area (TPSA) is 76.7 Å². The zero-order valence-electron chi connectivity index (χ0n) is 11.4. The highest BCUT2D eigenvalue weighted by Gasteiger charge is 2.16. The second-order valence-electron chi connectivity index (χ2n) is 4.22. The minimum Gasteiger partial charge on any atom is -0.414 e. The lowest BCUT2D eigenvalue weighted by atomic mass is 10.2. The lowest BCUT2D eigenvalue weighted by Gasteiger charge is -2.04. The molecule has 2 aromatic heterocycles. The molecule has 21 heavy (non-hydrogen) atoms. The first kappa shape index (κ1) is 13.0. The zero-order valence-corrected chi connectivity index (χ0v) is 11.4. The monoisotopic (exact) mass is 279 g/mol. The molecule has 0 bridgehead atoms. The molecule has 0 amide bonds. The van der Waals surface area contributed by atoms with Gasteiger partial charge in [-0.1, -0.05) is 24.8 Å². The molecule has 3 aromatic rings. The van der Waals surface area contributed by atoms with Crippen molar-refractivity contribution in [1.29, 1.82) is 0 Å². The van der Waals surface area contributed by atoms with Crippen LogP contribution in [0.3, 0.4) is 0 Å². The van der Waals surface area contributed by atoms with Gasteiger partial charge in [-0.3, -0.25) is 0 Å². The minimum atomic E-state index is 0.314. The minimum absolute atomic E-state index is 0.314. The Morgan fingerprint density at radius 3 is 2.62 bits per heavy atom. The molecular formula is C15H13N5O. The Kier molecular flexibility index (Phi) is 3.42. The van der Waals surface area contributed by atoms with Gasteiger partial charge >= 0.3 is 0 Å².